The predicted octanol–water partition coefficient (Wildman–Crippen LogP) is 0.908. The Labute approximate surface area is 126 Å². The summed E-state index contributed by atoms with van der Waals surface area (Å²) < 4.78 is 32.8. The normalized spacial score (nSPS) is 34.4. The molecule has 0 bridgehead atoms. The lowest BCUT2D eigenvalue weighted by molar-refractivity contribution is -0.146. The molecule has 0 aromatic carbocycles. The Bertz CT molecular complexity index is 458. The number of carbonyl (C=O) groups excluding carboxylic acids is 1. The van der Waals surface area contributed by atoms with Crippen LogP contribution in [0.2, 0.25) is 0 Å². The van der Waals surface area contributed by atoms with Gasteiger partial charge in [-0.1, -0.05) is 12.8 Å². The number of ether oxygens (including phenoxy) is 1. The topological polar surface area (TPSA) is 98.5 Å². The van der Waals surface area contributed by atoms with Gasteiger partial charge >= 0.3 is 5.97 Å². The quantitative estimate of drug-likeness (QED) is 0.751. The van der Waals surface area contributed by atoms with E-state index in [2.05, 4.69) is 4.72 Å². The van der Waals surface area contributed by atoms with E-state index in [9.17, 15) is 13.2 Å². The summed E-state index contributed by atoms with van der Waals surface area (Å²) in [7, 11) is -2.18. The molecule has 2 rings (SSSR count). The van der Waals surface area contributed by atoms with Gasteiger partial charge in [-0.25, -0.2) is 13.1 Å². The maximum absolute atomic E-state index is 12.6. The average molecular weight is 318 g/mol. The fourth-order valence-electron chi connectivity index (χ4n) is 3.45. The van der Waals surface area contributed by atoms with Gasteiger partial charge in [-0.05, 0) is 38.5 Å². The Morgan fingerprint density at radius 1 is 1.10 bits per heavy atom. The highest BCUT2D eigenvalue weighted by Crippen LogP contribution is 2.31. The zero-order chi connectivity index (χ0) is 15.5. The number of methoxy groups -OCH3 is 1. The molecule has 122 valence electrons. The molecule has 0 aliphatic heterocycles. The highest BCUT2D eigenvalue weighted by Gasteiger charge is 2.41. The molecule has 0 radical (unpaired) electrons. The van der Waals surface area contributed by atoms with Gasteiger partial charge in [-0.3, -0.25) is 4.79 Å². The Morgan fingerprint density at radius 3 is 2.33 bits per heavy atom. The van der Waals surface area contributed by atoms with Crippen molar-refractivity contribution in [3.8, 4) is 0 Å². The fourth-order valence-corrected chi connectivity index (χ4v) is 5.48. The number of carbonyl (C=O) groups is 1. The molecule has 0 heterocycles. The zero-order valence-electron chi connectivity index (χ0n) is 12.6. The van der Waals surface area contributed by atoms with Crippen molar-refractivity contribution in [1.29, 1.82) is 0 Å². The third-order valence-electron chi connectivity index (χ3n) is 4.71. The van der Waals surface area contributed by atoms with E-state index in [4.69, 9.17) is 10.5 Å². The van der Waals surface area contributed by atoms with Crippen molar-refractivity contribution in [2.75, 3.05) is 7.11 Å². The maximum Gasteiger partial charge on any atom is 0.310 e. The predicted molar refractivity (Wildman–Crippen MR) is 80.0 cm³/mol. The third-order valence-corrected chi connectivity index (χ3v) is 6.73. The lowest BCUT2D eigenvalue weighted by atomic mass is 9.89. The van der Waals surface area contributed by atoms with Crippen LogP contribution >= 0.6 is 0 Å². The van der Waals surface area contributed by atoms with Gasteiger partial charge in [0.2, 0.25) is 10.0 Å². The van der Waals surface area contributed by atoms with Gasteiger partial charge in [0.1, 0.15) is 0 Å². The van der Waals surface area contributed by atoms with E-state index in [1.807, 2.05) is 0 Å². The minimum absolute atomic E-state index is 0.0463. The van der Waals surface area contributed by atoms with Crippen LogP contribution in [0.15, 0.2) is 0 Å². The number of hydrogen-bond acceptors (Lipinski definition) is 5. The molecule has 0 amide bonds. The second-order valence-corrected chi connectivity index (χ2v) is 8.16. The van der Waals surface area contributed by atoms with E-state index in [0.717, 1.165) is 38.5 Å². The van der Waals surface area contributed by atoms with E-state index in [1.165, 1.54) is 7.11 Å². The van der Waals surface area contributed by atoms with Crippen molar-refractivity contribution in [3.63, 3.8) is 0 Å². The molecule has 2 aliphatic carbocycles. The van der Waals surface area contributed by atoms with E-state index in [1.54, 1.807) is 0 Å². The van der Waals surface area contributed by atoms with E-state index in [-0.39, 0.29) is 12.1 Å². The summed E-state index contributed by atoms with van der Waals surface area (Å²) >= 11 is 0. The van der Waals surface area contributed by atoms with Crippen molar-refractivity contribution in [2.45, 2.75) is 68.7 Å². The molecule has 2 unspecified atom stereocenters. The van der Waals surface area contributed by atoms with Crippen LogP contribution < -0.4 is 10.5 Å². The molecule has 2 aliphatic rings. The minimum atomic E-state index is -3.50. The average Bonchev–Trinajstić information content (AvgIpc) is 2.48. The van der Waals surface area contributed by atoms with Crippen LogP contribution in [0.1, 0.15) is 51.4 Å². The summed E-state index contributed by atoms with van der Waals surface area (Å²) in [4.78, 5) is 11.8. The minimum Gasteiger partial charge on any atom is -0.469 e. The second-order valence-electron chi connectivity index (χ2n) is 6.23. The molecular weight excluding hydrogens is 292 g/mol. The van der Waals surface area contributed by atoms with Gasteiger partial charge in [0.15, 0.2) is 0 Å². The van der Waals surface area contributed by atoms with Crippen LogP contribution in [0, 0.1) is 5.92 Å². The van der Waals surface area contributed by atoms with Crippen LogP contribution in [0.5, 0.6) is 0 Å². The number of rotatable bonds is 4. The van der Waals surface area contributed by atoms with Crippen molar-refractivity contribution in [1.82, 2.24) is 4.72 Å². The number of sulfonamides is 1. The molecule has 2 saturated carbocycles. The van der Waals surface area contributed by atoms with E-state index >= 15 is 0 Å². The molecule has 2 atom stereocenters. The fraction of sp³-hybridized carbons (Fsp3) is 0.929. The molecule has 0 spiro atoms. The summed E-state index contributed by atoms with van der Waals surface area (Å²) in [6, 6.07) is 0.137. The Kier molecular flexibility index (Phi) is 5.62. The zero-order valence-corrected chi connectivity index (χ0v) is 13.4. The van der Waals surface area contributed by atoms with Gasteiger partial charge in [-0.2, -0.15) is 0 Å². The van der Waals surface area contributed by atoms with Gasteiger partial charge in [-0.15, -0.1) is 0 Å². The molecule has 0 aromatic heterocycles. The van der Waals surface area contributed by atoms with Crippen molar-refractivity contribution < 1.29 is 17.9 Å². The maximum atomic E-state index is 12.6. The number of nitrogens with two attached hydrogens (primary N) is 1. The molecule has 0 saturated heterocycles. The molecule has 21 heavy (non-hydrogen) atoms. The Hall–Kier alpha value is -0.660. The van der Waals surface area contributed by atoms with Crippen LogP contribution in [0.4, 0.5) is 0 Å². The number of esters is 1. The van der Waals surface area contributed by atoms with Crippen molar-refractivity contribution in [2.24, 2.45) is 11.7 Å². The van der Waals surface area contributed by atoms with Crippen LogP contribution in [-0.4, -0.2) is 38.8 Å². The molecule has 7 heteroatoms. The van der Waals surface area contributed by atoms with Crippen LogP contribution in [-0.2, 0) is 19.6 Å². The summed E-state index contributed by atoms with van der Waals surface area (Å²) in [5.74, 6) is -0.942. The molecule has 2 fully saturated rings. The Morgan fingerprint density at radius 2 is 1.71 bits per heavy atom. The lowest BCUT2D eigenvalue weighted by Crippen LogP contribution is -2.48. The molecule has 3 N–H and O–H groups in total. The summed E-state index contributed by atoms with van der Waals surface area (Å²) in [6.07, 6.45) is 6.08. The number of nitrogens with one attached hydrogen (secondary N) is 1. The van der Waals surface area contributed by atoms with Crippen molar-refractivity contribution in [3.05, 3.63) is 0 Å². The SMILES string of the molecule is COC(=O)C1CCCCC1S(=O)(=O)NC1CCC(N)CC1. The van der Waals surface area contributed by atoms with Gasteiger partial charge < -0.3 is 10.5 Å². The number of hydrogen-bond donors (Lipinski definition) is 2. The first kappa shape index (κ1) is 16.7. The van der Waals surface area contributed by atoms with Crippen LogP contribution in [0.25, 0.3) is 0 Å². The first-order chi connectivity index (χ1) is 9.94. The largest absolute Gasteiger partial charge is 0.469 e. The highest BCUT2D eigenvalue weighted by atomic mass is 32.2. The highest BCUT2D eigenvalue weighted by molar-refractivity contribution is 7.90. The van der Waals surface area contributed by atoms with Crippen LogP contribution in [0.3, 0.4) is 0 Å². The van der Waals surface area contributed by atoms with E-state index in [0.29, 0.717) is 12.8 Å². The molecular formula is C14H26N2O4S. The first-order valence-electron chi connectivity index (χ1n) is 7.78. The summed E-state index contributed by atoms with van der Waals surface area (Å²) in [6.45, 7) is 0. The van der Waals surface area contributed by atoms with E-state index < -0.39 is 27.2 Å². The molecule has 6 nitrogen and oxygen atoms in total. The molecule has 0 aromatic rings. The lowest BCUT2D eigenvalue weighted by Gasteiger charge is -2.32. The first-order valence-corrected chi connectivity index (χ1v) is 9.33. The monoisotopic (exact) mass is 318 g/mol. The summed E-state index contributed by atoms with van der Waals surface area (Å²) in [5, 5.41) is -0.658. The van der Waals surface area contributed by atoms with Gasteiger partial charge in [0.05, 0.1) is 18.3 Å². The van der Waals surface area contributed by atoms with Gasteiger partial charge in [0.25, 0.3) is 0 Å². The summed E-state index contributed by atoms with van der Waals surface area (Å²) in [5.41, 5.74) is 5.84. The standard InChI is InChI=1S/C14H26N2O4S/c1-20-14(17)12-4-2-3-5-13(12)21(18,19)16-11-8-6-10(15)7-9-11/h10-13,16H,2-9,15H2,1H3. The second kappa shape index (κ2) is 7.07. The Balaban J connectivity index is 2.04. The van der Waals surface area contributed by atoms with Crippen molar-refractivity contribution >= 4 is 16.0 Å². The van der Waals surface area contributed by atoms with Gasteiger partial charge in [0, 0.05) is 12.1 Å². The third kappa shape index (κ3) is 4.17. The smallest absolute Gasteiger partial charge is 0.310 e.